The number of ether oxygens (including phenoxy) is 1. The minimum absolute atomic E-state index is 0.00533. The van der Waals surface area contributed by atoms with E-state index in [0.717, 1.165) is 5.56 Å². The normalized spacial score (nSPS) is 11.4. The number of esters is 1. The van der Waals surface area contributed by atoms with Gasteiger partial charge in [0.1, 0.15) is 9.49 Å². The van der Waals surface area contributed by atoms with Crippen molar-refractivity contribution in [3.05, 3.63) is 49.5 Å². The van der Waals surface area contributed by atoms with Crippen LogP contribution in [0.2, 0.25) is 0 Å². The molecule has 0 amide bonds. The Morgan fingerprint density at radius 1 is 1.30 bits per heavy atom. The molecular weight excluding hydrogens is 406 g/mol. The van der Waals surface area contributed by atoms with Gasteiger partial charge in [-0.25, -0.2) is 9.78 Å². The van der Waals surface area contributed by atoms with Gasteiger partial charge in [0.05, 0.1) is 0 Å². The number of benzene rings is 1. The van der Waals surface area contributed by atoms with Gasteiger partial charge in [0.25, 0.3) is 0 Å². The fourth-order valence-corrected chi connectivity index (χ4v) is 2.95. The van der Waals surface area contributed by atoms with E-state index in [0.29, 0.717) is 11.3 Å². The molecule has 1 heterocycles. The molecule has 0 spiro atoms. The fraction of sp³-hybridized carbons (Fsp3) is 0.167. The molecule has 0 aliphatic rings. The summed E-state index contributed by atoms with van der Waals surface area (Å²) >= 11 is 2.07. The van der Waals surface area contributed by atoms with Gasteiger partial charge in [-0.15, -0.1) is 11.3 Å². The van der Waals surface area contributed by atoms with E-state index in [1.165, 1.54) is 0 Å². The Bertz CT molecular complexity index is 613. The number of alkyl halides is 3. The molecule has 0 fully saturated rings. The number of aromatic nitrogens is 1. The molecule has 1 aromatic carbocycles. The van der Waals surface area contributed by atoms with Gasteiger partial charge in [0, 0.05) is 0 Å². The molecule has 0 bridgehead atoms. The van der Waals surface area contributed by atoms with E-state index in [1.807, 2.05) is 6.07 Å². The maximum atomic E-state index is 12.5. The highest BCUT2D eigenvalue weighted by Gasteiger charge is 2.37. The highest BCUT2D eigenvalue weighted by molar-refractivity contribution is 14.1. The van der Waals surface area contributed by atoms with Crippen LogP contribution in [0, 0.1) is 2.88 Å². The minimum Gasteiger partial charge on any atom is -0.456 e. The number of halogens is 4. The monoisotopic (exact) mass is 413 g/mol. The first kappa shape index (κ1) is 15.2. The van der Waals surface area contributed by atoms with Gasteiger partial charge in [-0.3, -0.25) is 0 Å². The highest BCUT2D eigenvalue weighted by atomic mass is 127. The summed E-state index contributed by atoms with van der Waals surface area (Å²) in [5, 5.41) is -1.05. The summed E-state index contributed by atoms with van der Waals surface area (Å²) in [5.74, 6) is -0.856. The van der Waals surface area contributed by atoms with Crippen molar-refractivity contribution in [2.24, 2.45) is 0 Å². The number of hydrogen-bond donors (Lipinski definition) is 0. The molecule has 20 heavy (non-hydrogen) atoms. The van der Waals surface area contributed by atoms with Crippen molar-refractivity contribution in [2.75, 3.05) is 0 Å². The summed E-state index contributed by atoms with van der Waals surface area (Å²) in [6.45, 7) is -0.00533. The lowest BCUT2D eigenvalue weighted by atomic mass is 10.2. The van der Waals surface area contributed by atoms with E-state index >= 15 is 0 Å². The third kappa shape index (κ3) is 3.69. The van der Waals surface area contributed by atoms with Crippen LogP contribution in [-0.4, -0.2) is 11.0 Å². The second-order valence-electron chi connectivity index (χ2n) is 3.70. The second-order valence-corrected chi connectivity index (χ2v) is 6.51. The first-order valence-corrected chi connectivity index (χ1v) is 7.22. The summed E-state index contributed by atoms with van der Waals surface area (Å²) in [4.78, 5) is 15.0. The highest BCUT2D eigenvalue weighted by Crippen LogP contribution is 2.34. The van der Waals surface area contributed by atoms with Crippen molar-refractivity contribution in [1.82, 2.24) is 4.98 Å². The predicted molar refractivity (Wildman–Crippen MR) is 75.4 cm³/mol. The van der Waals surface area contributed by atoms with Crippen LogP contribution in [0.4, 0.5) is 13.2 Å². The first-order valence-electron chi connectivity index (χ1n) is 5.32. The van der Waals surface area contributed by atoms with Crippen molar-refractivity contribution in [3.63, 3.8) is 0 Å². The van der Waals surface area contributed by atoms with Crippen LogP contribution in [0.25, 0.3) is 0 Å². The molecule has 2 rings (SSSR count). The number of rotatable bonds is 3. The third-order valence-corrected chi connectivity index (χ3v) is 4.29. The van der Waals surface area contributed by atoms with Crippen molar-refractivity contribution >= 4 is 39.9 Å². The summed E-state index contributed by atoms with van der Waals surface area (Å²) in [6, 6.07) is 8.86. The number of thiazole rings is 1. The van der Waals surface area contributed by atoms with Gasteiger partial charge >= 0.3 is 12.1 Å². The van der Waals surface area contributed by atoms with E-state index in [2.05, 4.69) is 4.98 Å². The van der Waals surface area contributed by atoms with Gasteiger partial charge in [-0.1, -0.05) is 30.3 Å². The standard InChI is InChI=1S/C12H7F3INO2S/c13-12(14,15)11-17-8(9(16)20-11)10(18)19-6-7-4-2-1-3-5-7/h1-5H,6H2. The van der Waals surface area contributed by atoms with Crippen LogP contribution in [0.1, 0.15) is 21.1 Å². The van der Waals surface area contributed by atoms with Crippen molar-refractivity contribution in [2.45, 2.75) is 12.8 Å². The zero-order chi connectivity index (χ0) is 14.8. The van der Waals surface area contributed by atoms with Crippen molar-refractivity contribution in [3.8, 4) is 0 Å². The number of carbonyl (C=O) groups excluding carboxylic acids is 1. The summed E-state index contributed by atoms with van der Waals surface area (Å²) in [5.41, 5.74) is 0.459. The van der Waals surface area contributed by atoms with Crippen LogP contribution < -0.4 is 0 Å². The zero-order valence-corrected chi connectivity index (χ0v) is 12.8. The quantitative estimate of drug-likeness (QED) is 0.562. The molecule has 8 heteroatoms. The molecule has 0 atom stereocenters. The van der Waals surface area contributed by atoms with Crippen molar-refractivity contribution < 1.29 is 22.7 Å². The van der Waals surface area contributed by atoms with E-state index < -0.39 is 17.2 Å². The average molecular weight is 413 g/mol. The van der Waals surface area contributed by atoms with Gasteiger partial charge in [0.2, 0.25) is 0 Å². The van der Waals surface area contributed by atoms with Crippen LogP contribution in [-0.2, 0) is 17.5 Å². The number of carbonyl (C=O) groups is 1. The maximum Gasteiger partial charge on any atom is 0.443 e. The largest absolute Gasteiger partial charge is 0.456 e. The zero-order valence-electron chi connectivity index (χ0n) is 9.78. The van der Waals surface area contributed by atoms with Gasteiger partial charge < -0.3 is 4.74 Å². The molecule has 0 saturated heterocycles. The number of nitrogens with zero attached hydrogens (tertiary/aromatic N) is 1. The van der Waals surface area contributed by atoms with Crippen LogP contribution >= 0.6 is 33.9 Å². The van der Waals surface area contributed by atoms with Crippen LogP contribution in [0.5, 0.6) is 0 Å². The molecule has 1 aromatic heterocycles. The van der Waals surface area contributed by atoms with Crippen LogP contribution in [0.3, 0.4) is 0 Å². The molecule has 0 aliphatic carbocycles. The molecule has 0 aliphatic heterocycles. The lowest BCUT2D eigenvalue weighted by Gasteiger charge is -2.03. The van der Waals surface area contributed by atoms with Gasteiger partial charge in [-0.05, 0) is 28.2 Å². The fourth-order valence-electron chi connectivity index (χ4n) is 1.34. The second kappa shape index (κ2) is 6.08. The Labute approximate surface area is 129 Å². The van der Waals surface area contributed by atoms with E-state index in [4.69, 9.17) is 4.74 Å². The van der Waals surface area contributed by atoms with E-state index in [-0.39, 0.29) is 15.2 Å². The Morgan fingerprint density at radius 3 is 2.50 bits per heavy atom. The molecule has 3 nitrogen and oxygen atoms in total. The van der Waals surface area contributed by atoms with E-state index in [9.17, 15) is 18.0 Å². The lowest BCUT2D eigenvalue weighted by Crippen LogP contribution is -2.09. The molecule has 2 aromatic rings. The lowest BCUT2D eigenvalue weighted by molar-refractivity contribution is -0.137. The Kier molecular flexibility index (Phi) is 4.63. The Morgan fingerprint density at radius 2 is 1.95 bits per heavy atom. The van der Waals surface area contributed by atoms with Gasteiger partial charge in [-0.2, -0.15) is 13.2 Å². The SMILES string of the molecule is O=C(OCc1ccccc1)c1nc(C(F)(F)F)sc1I. The Balaban J connectivity index is 2.08. The third-order valence-electron chi connectivity index (χ3n) is 2.23. The van der Waals surface area contributed by atoms with Crippen molar-refractivity contribution in [1.29, 1.82) is 0 Å². The Hall–Kier alpha value is -1.16. The molecular formula is C12H7F3INO2S. The predicted octanol–water partition coefficient (Wildman–Crippen LogP) is 4.12. The molecule has 0 unspecified atom stereocenters. The number of hydrogen-bond acceptors (Lipinski definition) is 4. The topological polar surface area (TPSA) is 39.2 Å². The first-order chi connectivity index (χ1) is 9.38. The average Bonchev–Trinajstić information content (AvgIpc) is 2.79. The van der Waals surface area contributed by atoms with Gasteiger partial charge in [0.15, 0.2) is 10.7 Å². The molecule has 106 valence electrons. The maximum absolute atomic E-state index is 12.5. The van der Waals surface area contributed by atoms with E-state index in [1.54, 1.807) is 46.9 Å². The summed E-state index contributed by atoms with van der Waals surface area (Å²) in [7, 11) is 0. The molecule has 0 saturated carbocycles. The molecule has 0 N–H and O–H groups in total. The summed E-state index contributed by atoms with van der Waals surface area (Å²) < 4.78 is 42.6. The smallest absolute Gasteiger partial charge is 0.443 e. The molecule has 0 radical (unpaired) electrons. The van der Waals surface area contributed by atoms with Crippen LogP contribution in [0.15, 0.2) is 30.3 Å². The summed E-state index contributed by atoms with van der Waals surface area (Å²) in [6.07, 6.45) is -4.55. The minimum atomic E-state index is -4.55.